The number of carbonyl (C=O) groups excluding carboxylic acids is 4. The summed E-state index contributed by atoms with van der Waals surface area (Å²) in [7, 11) is -9.93. The van der Waals surface area contributed by atoms with Gasteiger partial charge in [-0.1, -0.05) is 419 Å². The molecule has 0 amide bonds. The number of ether oxygens (including phenoxy) is 4. The van der Waals surface area contributed by atoms with Gasteiger partial charge in [0.25, 0.3) is 0 Å². The second-order valence-electron chi connectivity index (χ2n) is 30.9. The summed E-state index contributed by atoms with van der Waals surface area (Å²) >= 11 is 0. The molecule has 0 bridgehead atoms. The first-order valence-corrected chi connectivity index (χ1v) is 47.8. The summed E-state index contributed by atoms with van der Waals surface area (Å²) in [4.78, 5) is 73.2. The fourth-order valence-corrected chi connectivity index (χ4v) is 15.1. The van der Waals surface area contributed by atoms with Crippen molar-refractivity contribution >= 4 is 39.5 Å². The van der Waals surface area contributed by atoms with E-state index in [4.69, 9.17) is 37.0 Å². The van der Waals surface area contributed by atoms with Crippen molar-refractivity contribution in [3.05, 3.63) is 0 Å². The van der Waals surface area contributed by atoms with Gasteiger partial charge in [0.15, 0.2) is 12.2 Å². The third-order valence-electron chi connectivity index (χ3n) is 20.4. The maximum absolute atomic E-state index is 13.1. The highest BCUT2D eigenvalue weighted by atomic mass is 31.2. The molecule has 0 saturated heterocycles. The maximum Gasteiger partial charge on any atom is 0.472 e. The summed E-state index contributed by atoms with van der Waals surface area (Å²) in [6.45, 7) is 5.07. The normalized spacial score (nSPS) is 13.7. The van der Waals surface area contributed by atoms with E-state index < -0.39 is 97.5 Å². The minimum Gasteiger partial charge on any atom is -0.462 e. The van der Waals surface area contributed by atoms with Crippen LogP contribution in [0, 0.1) is 0 Å². The number of carbonyl (C=O) groups is 4. The van der Waals surface area contributed by atoms with Gasteiger partial charge in [-0.15, -0.1) is 0 Å². The molecule has 0 rings (SSSR count). The molecule has 0 saturated carbocycles. The average Bonchev–Trinajstić information content (AvgIpc) is 0.921. The van der Waals surface area contributed by atoms with Gasteiger partial charge in [-0.05, 0) is 25.7 Å². The van der Waals surface area contributed by atoms with E-state index >= 15 is 0 Å². The zero-order chi connectivity index (χ0) is 76.7. The first-order valence-electron chi connectivity index (χ1n) is 44.8. The molecule has 0 aromatic heterocycles. The van der Waals surface area contributed by atoms with E-state index in [1.165, 1.54) is 302 Å². The van der Waals surface area contributed by atoms with Crippen molar-refractivity contribution in [2.75, 3.05) is 39.6 Å². The molecule has 19 heteroatoms. The van der Waals surface area contributed by atoms with Crippen LogP contribution in [0.25, 0.3) is 0 Å². The number of esters is 4. The van der Waals surface area contributed by atoms with Crippen molar-refractivity contribution < 1.29 is 80.2 Å². The Morgan fingerprint density at radius 1 is 0.229 bits per heavy atom. The van der Waals surface area contributed by atoms with E-state index in [1.54, 1.807) is 0 Å². The number of hydrogen-bond donors (Lipinski definition) is 3. The second-order valence-corrected chi connectivity index (χ2v) is 33.8. The molecule has 0 aromatic rings. The van der Waals surface area contributed by atoms with Crippen LogP contribution in [0.15, 0.2) is 0 Å². The summed E-state index contributed by atoms with van der Waals surface area (Å²) in [5.74, 6) is -2.10. The van der Waals surface area contributed by atoms with Crippen LogP contribution in [0.4, 0.5) is 0 Å². The third-order valence-corrected chi connectivity index (χ3v) is 22.3. The molecule has 0 aliphatic heterocycles. The summed E-state index contributed by atoms with van der Waals surface area (Å²) in [6, 6.07) is 0. The van der Waals surface area contributed by atoms with E-state index in [0.29, 0.717) is 25.7 Å². The predicted molar refractivity (Wildman–Crippen MR) is 432 cm³/mol. The minimum absolute atomic E-state index is 0.109. The Labute approximate surface area is 645 Å². The van der Waals surface area contributed by atoms with Gasteiger partial charge >= 0.3 is 39.5 Å². The van der Waals surface area contributed by atoms with Crippen LogP contribution in [0.3, 0.4) is 0 Å². The zero-order valence-corrected chi connectivity index (χ0v) is 70.5. The highest BCUT2D eigenvalue weighted by Crippen LogP contribution is 2.45. The lowest BCUT2D eigenvalue weighted by Gasteiger charge is -2.21. The number of phosphoric acid groups is 2. The van der Waals surface area contributed by atoms with Crippen molar-refractivity contribution in [1.82, 2.24) is 0 Å². The molecule has 624 valence electrons. The lowest BCUT2D eigenvalue weighted by atomic mass is 10.0. The standard InChI is InChI=1S/C86H168O17P2/c1-5-9-13-17-21-25-29-33-36-37-38-39-40-41-42-45-49-53-57-61-65-69-73-86(91)103-82(77-97-84(89)71-67-63-59-55-51-47-43-34-30-26-22-18-14-10-6-2)79-101-105(94,95)99-75-80(87)74-98-104(92,93)100-78-81(76-96-83(88)70-66-62-58-54-50-46-32-28-24-20-16-12-8-4)102-85(90)72-68-64-60-56-52-48-44-35-31-27-23-19-15-11-7-3/h80-82,87H,5-79H2,1-4H3,(H,92,93)(H,94,95)/t80-,81+,82+/m0/s1. The number of aliphatic hydroxyl groups excluding tert-OH is 1. The molecule has 0 spiro atoms. The first-order chi connectivity index (χ1) is 51.2. The maximum atomic E-state index is 13.1. The number of phosphoric ester groups is 2. The lowest BCUT2D eigenvalue weighted by Crippen LogP contribution is -2.30. The fraction of sp³-hybridized carbons (Fsp3) is 0.953. The molecule has 0 aliphatic carbocycles. The Hall–Kier alpha value is -1.94. The molecule has 0 radical (unpaired) electrons. The number of aliphatic hydroxyl groups is 1. The van der Waals surface area contributed by atoms with Crippen LogP contribution in [0.5, 0.6) is 0 Å². The molecule has 105 heavy (non-hydrogen) atoms. The first kappa shape index (κ1) is 103. The van der Waals surface area contributed by atoms with E-state index in [0.717, 1.165) is 89.9 Å². The Kier molecular flexibility index (Phi) is 78.6. The molecule has 0 fully saturated rings. The van der Waals surface area contributed by atoms with Crippen LogP contribution in [0.1, 0.15) is 471 Å². The summed E-state index contributed by atoms with van der Waals surface area (Å²) < 4.78 is 68.9. The SMILES string of the molecule is CCCCCCCCCCCCCCCCCCCCCCCCC(=O)O[C@H](COC(=O)CCCCCCCCCCCCCCCCC)COP(=O)(O)OC[C@@H](O)COP(=O)(O)OC[C@@H](COC(=O)CCCCCCCCCCCCCCC)OC(=O)CCCCCCCCCCCCCCCCC. The summed E-state index contributed by atoms with van der Waals surface area (Å²) in [5, 5.41) is 10.7. The van der Waals surface area contributed by atoms with Crippen LogP contribution in [-0.4, -0.2) is 96.7 Å². The van der Waals surface area contributed by atoms with Crippen LogP contribution >= 0.6 is 15.6 Å². The third kappa shape index (κ3) is 79.9. The number of rotatable bonds is 87. The Balaban J connectivity index is 5.23. The van der Waals surface area contributed by atoms with E-state index in [9.17, 15) is 43.2 Å². The Morgan fingerprint density at radius 3 is 0.562 bits per heavy atom. The largest absolute Gasteiger partial charge is 0.472 e. The quantitative estimate of drug-likeness (QED) is 0.0222. The molecule has 3 N–H and O–H groups in total. The number of hydrogen-bond acceptors (Lipinski definition) is 15. The molecule has 17 nitrogen and oxygen atoms in total. The Bertz CT molecular complexity index is 1980. The van der Waals surface area contributed by atoms with Gasteiger partial charge in [-0.2, -0.15) is 0 Å². The van der Waals surface area contributed by atoms with Crippen molar-refractivity contribution in [2.45, 2.75) is 489 Å². The minimum atomic E-state index is -4.96. The fourth-order valence-electron chi connectivity index (χ4n) is 13.5. The highest BCUT2D eigenvalue weighted by molar-refractivity contribution is 7.47. The predicted octanol–water partition coefficient (Wildman–Crippen LogP) is 26.5. The van der Waals surface area contributed by atoms with E-state index in [2.05, 4.69) is 27.7 Å². The molecule has 0 aliphatic rings. The van der Waals surface area contributed by atoms with Crippen LogP contribution < -0.4 is 0 Å². The van der Waals surface area contributed by atoms with Crippen molar-refractivity contribution in [3.8, 4) is 0 Å². The molecular formula is C86H168O17P2. The van der Waals surface area contributed by atoms with E-state index in [1.807, 2.05) is 0 Å². The average molecular weight is 1540 g/mol. The van der Waals surface area contributed by atoms with E-state index in [-0.39, 0.29) is 25.7 Å². The highest BCUT2D eigenvalue weighted by Gasteiger charge is 2.30. The smallest absolute Gasteiger partial charge is 0.462 e. The molecule has 2 unspecified atom stereocenters. The number of unbranched alkanes of at least 4 members (excludes halogenated alkanes) is 61. The van der Waals surface area contributed by atoms with Crippen molar-refractivity contribution in [3.63, 3.8) is 0 Å². The lowest BCUT2D eigenvalue weighted by molar-refractivity contribution is -0.161. The monoisotopic (exact) mass is 1540 g/mol. The summed E-state index contributed by atoms with van der Waals surface area (Å²) in [6.07, 6.45) is 74.9. The van der Waals surface area contributed by atoms with Gasteiger partial charge in [0, 0.05) is 25.7 Å². The Morgan fingerprint density at radius 2 is 0.381 bits per heavy atom. The van der Waals surface area contributed by atoms with Gasteiger partial charge in [-0.25, -0.2) is 9.13 Å². The van der Waals surface area contributed by atoms with Gasteiger partial charge in [0.2, 0.25) is 0 Å². The van der Waals surface area contributed by atoms with Crippen LogP contribution in [-0.2, 0) is 65.4 Å². The summed E-state index contributed by atoms with van der Waals surface area (Å²) in [5.41, 5.74) is 0. The molecule has 0 aromatic carbocycles. The topological polar surface area (TPSA) is 237 Å². The van der Waals surface area contributed by atoms with Gasteiger partial charge in [0.05, 0.1) is 26.4 Å². The molecule has 0 heterocycles. The molecular weight excluding hydrogens is 1370 g/mol. The van der Waals surface area contributed by atoms with Crippen molar-refractivity contribution in [1.29, 1.82) is 0 Å². The second kappa shape index (κ2) is 80.1. The molecule has 5 atom stereocenters. The van der Waals surface area contributed by atoms with Crippen molar-refractivity contribution in [2.24, 2.45) is 0 Å². The zero-order valence-electron chi connectivity index (χ0n) is 68.7. The van der Waals surface area contributed by atoms with Gasteiger partial charge in [-0.3, -0.25) is 37.3 Å². The van der Waals surface area contributed by atoms with Gasteiger partial charge < -0.3 is 33.8 Å². The van der Waals surface area contributed by atoms with Gasteiger partial charge in [0.1, 0.15) is 19.3 Å². The van der Waals surface area contributed by atoms with Crippen LogP contribution in [0.2, 0.25) is 0 Å².